The Labute approximate surface area is 85.0 Å². The average molecular weight is 211 g/mol. The van der Waals surface area contributed by atoms with Gasteiger partial charge in [-0.2, -0.15) is 5.21 Å². The number of rotatable bonds is 2. The van der Waals surface area contributed by atoms with Crippen molar-refractivity contribution in [1.29, 1.82) is 0 Å². The second-order valence-corrected chi connectivity index (χ2v) is 3.02. The Bertz CT molecular complexity index is 429. The summed E-state index contributed by atoms with van der Waals surface area (Å²) in [7, 11) is 1.58. The highest BCUT2D eigenvalue weighted by Gasteiger charge is 2.10. The lowest BCUT2D eigenvalue weighted by Crippen LogP contribution is -1.89. The molecule has 1 aromatic carbocycles. The normalized spacial score (nSPS) is 10.1. The first-order chi connectivity index (χ1) is 6.81. The Balaban J connectivity index is 2.55. The molecule has 0 aliphatic carbocycles. The number of halogens is 1. The number of nitrogens with one attached hydrogen (secondary N) is 1. The van der Waals surface area contributed by atoms with Gasteiger partial charge in [-0.05, 0) is 23.4 Å². The van der Waals surface area contributed by atoms with Crippen LogP contribution in [0.5, 0.6) is 5.75 Å². The highest BCUT2D eigenvalue weighted by Crippen LogP contribution is 2.29. The molecule has 0 atom stereocenters. The van der Waals surface area contributed by atoms with E-state index in [9.17, 15) is 0 Å². The van der Waals surface area contributed by atoms with E-state index in [2.05, 4.69) is 20.6 Å². The lowest BCUT2D eigenvalue weighted by Gasteiger charge is -2.04. The van der Waals surface area contributed by atoms with Crippen molar-refractivity contribution in [2.24, 2.45) is 0 Å². The second-order valence-electron chi connectivity index (χ2n) is 2.58. The first-order valence-electron chi connectivity index (χ1n) is 3.88. The molecule has 0 unspecified atom stereocenters. The summed E-state index contributed by atoms with van der Waals surface area (Å²) in [5, 5.41) is 14.1. The molecule has 0 aliphatic heterocycles. The van der Waals surface area contributed by atoms with Crippen LogP contribution in [0.1, 0.15) is 0 Å². The van der Waals surface area contributed by atoms with Gasteiger partial charge in [-0.1, -0.05) is 11.6 Å². The molecule has 0 aliphatic rings. The Morgan fingerprint density at radius 2 is 2.29 bits per heavy atom. The molecule has 0 amide bonds. The van der Waals surface area contributed by atoms with Crippen LogP contribution < -0.4 is 4.74 Å². The third kappa shape index (κ3) is 1.54. The van der Waals surface area contributed by atoms with Crippen molar-refractivity contribution in [3.63, 3.8) is 0 Å². The number of benzene rings is 1. The minimum Gasteiger partial charge on any atom is -0.496 e. The Morgan fingerprint density at radius 1 is 1.43 bits per heavy atom. The van der Waals surface area contributed by atoms with E-state index >= 15 is 0 Å². The minimum atomic E-state index is 0.462. The zero-order chi connectivity index (χ0) is 9.97. The second kappa shape index (κ2) is 3.63. The number of hydrogen-bond donors (Lipinski definition) is 1. The monoisotopic (exact) mass is 210 g/mol. The summed E-state index contributed by atoms with van der Waals surface area (Å²) in [6.07, 6.45) is 0. The number of tetrazole rings is 1. The van der Waals surface area contributed by atoms with Crippen LogP contribution in [0.25, 0.3) is 11.4 Å². The van der Waals surface area contributed by atoms with E-state index in [-0.39, 0.29) is 0 Å². The first-order valence-corrected chi connectivity index (χ1v) is 4.26. The Hall–Kier alpha value is -1.62. The molecule has 0 bridgehead atoms. The molecule has 0 saturated heterocycles. The van der Waals surface area contributed by atoms with Gasteiger partial charge >= 0.3 is 0 Å². The Kier molecular flexibility index (Phi) is 2.32. The summed E-state index contributed by atoms with van der Waals surface area (Å²) < 4.78 is 5.14. The zero-order valence-corrected chi connectivity index (χ0v) is 8.12. The quantitative estimate of drug-likeness (QED) is 0.817. The number of methoxy groups -OCH3 is 1. The fraction of sp³-hybridized carbons (Fsp3) is 0.125. The van der Waals surface area contributed by atoms with Crippen LogP contribution >= 0.6 is 11.6 Å². The van der Waals surface area contributed by atoms with Gasteiger partial charge in [-0.15, -0.1) is 10.2 Å². The first kappa shape index (κ1) is 8.96. The maximum Gasteiger partial charge on any atom is 0.208 e. The van der Waals surface area contributed by atoms with Crippen LogP contribution in [-0.4, -0.2) is 27.7 Å². The van der Waals surface area contributed by atoms with Crippen molar-refractivity contribution in [1.82, 2.24) is 20.6 Å². The van der Waals surface area contributed by atoms with E-state index in [4.69, 9.17) is 16.3 Å². The standard InChI is InChI=1S/C8H7ClN4O/c1-14-7-3-2-5(9)4-6(7)8-10-12-13-11-8/h2-4H,1H3,(H,10,11,12,13). The van der Waals surface area contributed by atoms with Gasteiger partial charge in [0.15, 0.2) is 0 Å². The number of aromatic nitrogens is 4. The number of H-pyrrole nitrogens is 1. The van der Waals surface area contributed by atoms with Crippen molar-refractivity contribution in [2.75, 3.05) is 7.11 Å². The highest BCUT2D eigenvalue weighted by atomic mass is 35.5. The molecular formula is C8H7ClN4O. The van der Waals surface area contributed by atoms with Crippen molar-refractivity contribution >= 4 is 11.6 Å². The molecule has 0 spiro atoms. The maximum absolute atomic E-state index is 5.85. The predicted octanol–water partition coefficient (Wildman–Crippen LogP) is 1.53. The van der Waals surface area contributed by atoms with Gasteiger partial charge in [-0.25, -0.2) is 0 Å². The average Bonchev–Trinajstić information content (AvgIpc) is 2.70. The van der Waals surface area contributed by atoms with E-state index in [0.29, 0.717) is 22.2 Å². The van der Waals surface area contributed by atoms with Crippen molar-refractivity contribution in [2.45, 2.75) is 0 Å². The fourth-order valence-electron chi connectivity index (χ4n) is 1.13. The summed E-state index contributed by atoms with van der Waals surface area (Å²) in [6.45, 7) is 0. The van der Waals surface area contributed by atoms with Crippen molar-refractivity contribution < 1.29 is 4.74 Å². The molecule has 1 N–H and O–H groups in total. The maximum atomic E-state index is 5.85. The SMILES string of the molecule is COc1ccc(Cl)cc1-c1nn[nH]n1. The predicted molar refractivity (Wildman–Crippen MR) is 51.2 cm³/mol. The zero-order valence-electron chi connectivity index (χ0n) is 7.36. The van der Waals surface area contributed by atoms with Crippen LogP contribution in [0.3, 0.4) is 0 Å². The molecule has 72 valence electrons. The number of aromatic amines is 1. The van der Waals surface area contributed by atoms with Gasteiger partial charge in [0.05, 0.1) is 12.7 Å². The number of ether oxygens (including phenoxy) is 1. The van der Waals surface area contributed by atoms with E-state index in [1.165, 1.54) is 0 Å². The van der Waals surface area contributed by atoms with Gasteiger partial charge in [0.25, 0.3) is 0 Å². The third-order valence-electron chi connectivity index (χ3n) is 1.75. The summed E-state index contributed by atoms with van der Waals surface area (Å²) in [6, 6.07) is 5.23. The molecule has 1 aromatic heterocycles. The van der Waals surface area contributed by atoms with Crippen molar-refractivity contribution in [3.05, 3.63) is 23.2 Å². The molecule has 0 fully saturated rings. The molecule has 0 saturated carbocycles. The van der Waals surface area contributed by atoms with Gasteiger partial charge in [0.2, 0.25) is 5.82 Å². The topological polar surface area (TPSA) is 63.7 Å². The van der Waals surface area contributed by atoms with Gasteiger partial charge in [-0.3, -0.25) is 0 Å². The fourth-order valence-corrected chi connectivity index (χ4v) is 1.30. The smallest absolute Gasteiger partial charge is 0.208 e. The molecule has 2 aromatic rings. The summed E-state index contributed by atoms with van der Waals surface area (Å²) in [4.78, 5) is 0. The summed E-state index contributed by atoms with van der Waals surface area (Å²) >= 11 is 5.85. The van der Waals surface area contributed by atoms with E-state index in [0.717, 1.165) is 0 Å². The highest BCUT2D eigenvalue weighted by molar-refractivity contribution is 6.30. The van der Waals surface area contributed by atoms with E-state index in [1.54, 1.807) is 25.3 Å². The van der Waals surface area contributed by atoms with Crippen LogP contribution in [0.4, 0.5) is 0 Å². The molecule has 2 rings (SSSR count). The number of nitrogens with zero attached hydrogens (tertiary/aromatic N) is 3. The van der Waals surface area contributed by atoms with E-state index < -0.39 is 0 Å². The lowest BCUT2D eigenvalue weighted by atomic mass is 10.2. The van der Waals surface area contributed by atoms with Crippen LogP contribution in [-0.2, 0) is 0 Å². The summed E-state index contributed by atoms with van der Waals surface area (Å²) in [5.41, 5.74) is 0.716. The summed E-state index contributed by atoms with van der Waals surface area (Å²) in [5.74, 6) is 1.13. The molecule has 0 radical (unpaired) electrons. The molecule has 5 nitrogen and oxygen atoms in total. The molecular weight excluding hydrogens is 204 g/mol. The molecule has 6 heteroatoms. The molecule has 1 heterocycles. The third-order valence-corrected chi connectivity index (χ3v) is 1.98. The lowest BCUT2D eigenvalue weighted by molar-refractivity contribution is 0.416. The largest absolute Gasteiger partial charge is 0.496 e. The van der Waals surface area contributed by atoms with Crippen LogP contribution in [0, 0.1) is 0 Å². The van der Waals surface area contributed by atoms with Crippen molar-refractivity contribution in [3.8, 4) is 17.1 Å². The van der Waals surface area contributed by atoms with Crippen LogP contribution in [0.2, 0.25) is 5.02 Å². The van der Waals surface area contributed by atoms with Crippen LogP contribution in [0.15, 0.2) is 18.2 Å². The Morgan fingerprint density at radius 3 is 2.93 bits per heavy atom. The van der Waals surface area contributed by atoms with Gasteiger partial charge in [0.1, 0.15) is 5.75 Å². The minimum absolute atomic E-state index is 0.462. The van der Waals surface area contributed by atoms with Gasteiger partial charge in [0, 0.05) is 5.02 Å². The van der Waals surface area contributed by atoms with E-state index in [1.807, 2.05) is 0 Å². The van der Waals surface area contributed by atoms with Gasteiger partial charge < -0.3 is 4.74 Å². The number of hydrogen-bond acceptors (Lipinski definition) is 4. The molecule has 14 heavy (non-hydrogen) atoms.